The number of nitrogens with zero attached hydrogens (tertiary/aromatic N) is 2. The van der Waals surface area contributed by atoms with Crippen LogP contribution in [0.3, 0.4) is 0 Å². The van der Waals surface area contributed by atoms with E-state index in [4.69, 9.17) is 11.6 Å². The fourth-order valence-corrected chi connectivity index (χ4v) is 6.86. The molecule has 0 aromatic heterocycles. The standard InChI is InChI=1S/C36H40ClN3O4S2/c1-26-11-17-30(18-12-26)40(46(43,44)32-21-19-31(45-5)20-22-32)25-34(41)39(24-28-13-15-29(37)16-14-28)33(35(42)38-36(2,3)4)23-27-9-7-6-8-10-27/h6-22,33H,23-25H2,1-5H3,(H,38,42). The number of anilines is 1. The van der Waals surface area contributed by atoms with Crippen LogP contribution in [0.25, 0.3) is 0 Å². The molecule has 0 aliphatic heterocycles. The molecular formula is C36H40ClN3O4S2. The van der Waals surface area contributed by atoms with Gasteiger partial charge in [-0.25, -0.2) is 8.42 Å². The van der Waals surface area contributed by atoms with Crippen LogP contribution in [0.1, 0.15) is 37.5 Å². The molecule has 1 atom stereocenters. The summed E-state index contributed by atoms with van der Waals surface area (Å²) in [6.45, 7) is 7.09. The Morgan fingerprint density at radius 1 is 0.848 bits per heavy atom. The first kappa shape index (κ1) is 35.1. The van der Waals surface area contributed by atoms with Crippen molar-refractivity contribution in [1.29, 1.82) is 0 Å². The summed E-state index contributed by atoms with van der Waals surface area (Å²) in [5, 5.41) is 3.58. The number of benzene rings is 4. The molecule has 0 saturated carbocycles. The first-order chi connectivity index (χ1) is 21.8. The number of hydrogen-bond acceptors (Lipinski definition) is 5. The molecule has 4 aromatic rings. The fraction of sp³-hybridized carbons (Fsp3) is 0.278. The molecule has 0 aliphatic carbocycles. The molecule has 0 bridgehead atoms. The molecule has 0 fully saturated rings. The Balaban J connectivity index is 1.81. The summed E-state index contributed by atoms with van der Waals surface area (Å²) in [5.41, 5.74) is 2.33. The monoisotopic (exact) mass is 677 g/mol. The Kier molecular flexibility index (Phi) is 11.6. The largest absolute Gasteiger partial charge is 0.350 e. The Morgan fingerprint density at radius 2 is 1.46 bits per heavy atom. The molecule has 4 rings (SSSR count). The van der Waals surface area contributed by atoms with Gasteiger partial charge in [-0.05, 0) is 93.6 Å². The number of carbonyl (C=O) groups is 2. The summed E-state index contributed by atoms with van der Waals surface area (Å²) in [6, 6.07) is 29.1. The van der Waals surface area contributed by atoms with Crippen LogP contribution in [0.2, 0.25) is 5.02 Å². The maximum atomic E-state index is 14.6. The van der Waals surface area contributed by atoms with E-state index in [1.807, 2.05) is 64.3 Å². The summed E-state index contributed by atoms with van der Waals surface area (Å²) in [7, 11) is -4.17. The van der Waals surface area contributed by atoms with Crippen LogP contribution < -0.4 is 9.62 Å². The van der Waals surface area contributed by atoms with Gasteiger partial charge in [-0.1, -0.05) is 71.8 Å². The lowest BCUT2D eigenvalue weighted by molar-refractivity contribution is -0.140. The summed E-state index contributed by atoms with van der Waals surface area (Å²) in [4.78, 5) is 31.0. The van der Waals surface area contributed by atoms with Crippen molar-refractivity contribution in [3.8, 4) is 0 Å². The quantitative estimate of drug-likeness (QED) is 0.161. The third kappa shape index (κ3) is 9.37. The highest BCUT2D eigenvalue weighted by Gasteiger charge is 2.35. The number of carbonyl (C=O) groups excluding carboxylic acids is 2. The number of aryl methyl sites for hydroxylation is 1. The van der Waals surface area contributed by atoms with Gasteiger partial charge in [0.2, 0.25) is 11.8 Å². The molecule has 242 valence electrons. The van der Waals surface area contributed by atoms with Crippen LogP contribution in [0.4, 0.5) is 5.69 Å². The van der Waals surface area contributed by atoms with Crippen molar-refractivity contribution in [2.75, 3.05) is 17.1 Å². The predicted octanol–water partition coefficient (Wildman–Crippen LogP) is 7.12. The van der Waals surface area contributed by atoms with Crippen molar-refractivity contribution < 1.29 is 18.0 Å². The van der Waals surface area contributed by atoms with Gasteiger partial charge in [0, 0.05) is 28.4 Å². The van der Waals surface area contributed by atoms with E-state index in [1.165, 1.54) is 16.7 Å². The third-order valence-electron chi connectivity index (χ3n) is 7.28. The van der Waals surface area contributed by atoms with E-state index in [9.17, 15) is 18.0 Å². The van der Waals surface area contributed by atoms with Crippen molar-refractivity contribution >= 4 is 50.9 Å². The molecule has 7 nitrogen and oxygen atoms in total. The first-order valence-corrected chi connectivity index (χ1v) is 17.9. The van der Waals surface area contributed by atoms with Crippen molar-refractivity contribution in [3.63, 3.8) is 0 Å². The van der Waals surface area contributed by atoms with E-state index in [0.717, 1.165) is 25.9 Å². The molecule has 1 N–H and O–H groups in total. The molecule has 0 heterocycles. The van der Waals surface area contributed by atoms with Gasteiger partial charge in [0.1, 0.15) is 12.6 Å². The number of rotatable bonds is 12. The SMILES string of the molecule is CSc1ccc(S(=O)(=O)N(CC(=O)N(Cc2ccc(Cl)cc2)C(Cc2ccccc2)C(=O)NC(C)(C)C)c2ccc(C)cc2)cc1. The average Bonchev–Trinajstić information content (AvgIpc) is 3.02. The Bertz CT molecular complexity index is 1720. The Labute approximate surface area is 282 Å². The zero-order valence-electron chi connectivity index (χ0n) is 26.7. The van der Waals surface area contributed by atoms with Gasteiger partial charge in [0.25, 0.3) is 10.0 Å². The van der Waals surface area contributed by atoms with Crippen LogP contribution in [0.5, 0.6) is 0 Å². The lowest BCUT2D eigenvalue weighted by Crippen LogP contribution is -2.56. The van der Waals surface area contributed by atoms with Gasteiger partial charge >= 0.3 is 0 Å². The second kappa shape index (κ2) is 15.2. The van der Waals surface area contributed by atoms with Gasteiger partial charge in [-0.3, -0.25) is 13.9 Å². The maximum absolute atomic E-state index is 14.6. The fourth-order valence-electron chi connectivity index (χ4n) is 4.91. The van der Waals surface area contributed by atoms with Crippen molar-refractivity contribution in [2.45, 2.75) is 62.0 Å². The highest BCUT2D eigenvalue weighted by Crippen LogP contribution is 2.27. The number of hydrogen-bond donors (Lipinski definition) is 1. The molecule has 10 heteroatoms. The molecule has 0 saturated heterocycles. The van der Waals surface area contributed by atoms with Gasteiger partial charge in [-0.2, -0.15) is 0 Å². The molecule has 0 radical (unpaired) electrons. The smallest absolute Gasteiger partial charge is 0.264 e. The lowest BCUT2D eigenvalue weighted by atomic mass is 10.0. The minimum Gasteiger partial charge on any atom is -0.350 e. The number of sulfonamides is 1. The minimum atomic E-state index is -4.17. The predicted molar refractivity (Wildman–Crippen MR) is 188 cm³/mol. The molecule has 2 amide bonds. The van der Waals surface area contributed by atoms with E-state index < -0.39 is 34.1 Å². The number of nitrogens with one attached hydrogen (secondary N) is 1. The molecule has 0 spiro atoms. The highest BCUT2D eigenvalue weighted by molar-refractivity contribution is 7.98. The first-order valence-electron chi connectivity index (χ1n) is 14.9. The molecule has 0 aliphatic rings. The number of thioether (sulfide) groups is 1. The molecular weight excluding hydrogens is 638 g/mol. The van der Waals surface area contributed by atoms with Crippen LogP contribution in [0, 0.1) is 6.92 Å². The summed E-state index contributed by atoms with van der Waals surface area (Å²) < 4.78 is 29.5. The molecule has 4 aromatic carbocycles. The van der Waals surface area contributed by atoms with Crippen LogP contribution in [-0.4, -0.2) is 49.5 Å². The lowest BCUT2D eigenvalue weighted by Gasteiger charge is -2.35. The second-order valence-corrected chi connectivity index (χ2v) is 15.3. The Morgan fingerprint density at radius 3 is 2.02 bits per heavy atom. The van der Waals surface area contributed by atoms with Crippen molar-refractivity contribution in [1.82, 2.24) is 10.2 Å². The summed E-state index contributed by atoms with van der Waals surface area (Å²) in [6.07, 6.45) is 2.15. The zero-order chi connectivity index (χ0) is 33.5. The van der Waals surface area contributed by atoms with Gasteiger partial charge in [0.05, 0.1) is 10.6 Å². The molecule has 1 unspecified atom stereocenters. The van der Waals surface area contributed by atoms with Crippen molar-refractivity contribution in [3.05, 3.63) is 125 Å². The normalized spacial score (nSPS) is 12.3. The summed E-state index contributed by atoms with van der Waals surface area (Å²) >= 11 is 7.67. The van der Waals surface area contributed by atoms with E-state index in [-0.39, 0.29) is 23.8 Å². The summed E-state index contributed by atoms with van der Waals surface area (Å²) in [5.74, 6) is -0.860. The van der Waals surface area contributed by atoms with E-state index in [0.29, 0.717) is 10.7 Å². The van der Waals surface area contributed by atoms with Crippen LogP contribution in [0.15, 0.2) is 113 Å². The third-order valence-corrected chi connectivity index (χ3v) is 10.1. The van der Waals surface area contributed by atoms with Gasteiger partial charge in [-0.15, -0.1) is 11.8 Å². The Hall–Kier alpha value is -3.79. The van der Waals surface area contributed by atoms with Gasteiger partial charge in [0.15, 0.2) is 0 Å². The van der Waals surface area contributed by atoms with Gasteiger partial charge < -0.3 is 10.2 Å². The second-order valence-electron chi connectivity index (χ2n) is 12.1. The minimum absolute atomic E-state index is 0.0641. The molecule has 46 heavy (non-hydrogen) atoms. The van der Waals surface area contributed by atoms with Crippen LogP contribution >= 0.6 is 23.4 Å². The number of halogens is 1. The topological polar surface area (TPSA) is 86.8 Å². The zero-order valence-corrected chi connectivity index (χ0v) is 29.1. The maximum Gasteiger partial charge on any atom is 0.264 e. The van der Waals surface area contributed by atoms with E-state index in [2.05, 4.69) is 5.32 Å². The number of amides is 2. The average molecular weight is 678 g/mol. The van der Waals surface area contributed by atoms with E-state index >= 15 is 0 Å². The van der Waals surface area contributed by atoms with E-state index in [1.54, 1.807) is 72.8 Å². The van der Waals surface area contributed by atoms with Crippen LogP contribution in [-0.2, 0) is 32.6 Å². The van der Waals surface area contributed by atoms with Crippen molar-refractivity contribution in [2.24, 2.45) is 0 Å². The highest BCUT2D eigenvalue weighted by atomic mass is 35.5.